The van der Waals surface area contributed by atoms with Gasteiger partial charge in [-0.15, -0.1) is 0 Å². The van der Waals surface area contributed by atoms with Gasteiger partial charge in [0.05, 0.1) is 6.54 Å². The van der Waals surface area contributed by atoms with Crippen LogP contribution < -0.4 is 5.32 Å². The summed E-state index contributed by atoms with van der Waals surface area (Å²) in [7, 11) is 0. The largest absolute Gasteiger partial charge is 0.444 e. The Labute approximate surface area is 151 Å². The summed E-state index contributed by atoms with van der Waals surface area (Å²) in [5, 5.41) is 2.77. The Morgan fingerprint density at radius 1 is 1.38 bits per heavy atom. The molecule has 1 amide bonds. The van der Waals surface area contributed by atoms with Crippen LogP contribution in [-0.4, -0.2) is 52.0 Å². The molecule has 1 aliphatic rings. The number of piperidine rings is 1. The summed E-state index contributed by atoms with van der Waals surface area (Å²) in [5.41, 5.74) is -0.543. The smallest absolute Gasteiger partial charge is 0.407 e. The van der Waals surface area contributed by atoms with E-state index in [9.17, 15) is 18.0 Å². The van der Waals surface area contributed by atoms with Gasteiger partial charge in [-0.05, 0) is 46.1 Å². The molecule has 0 saturated carbocycles. The minimum atomic E-state index is -4.27. The molecule has 0 bridgehead atoms. The number of hydrogen-bond donors (Lipinski definition) is 1. The lowest BCUT2D eigenvalue weighted by Crippen LogP contribution is -2.42. The molecule has 0 aromatic carbocycles. The number of likely N-dealkylation sites (tertiary alicyclic amines) is 1. The Morgan fingerprint density at radius 2 is 2.12 bits per heavy atom. The first-order chi connectivity index (χ1) is 12.0. The Morgan fingerprint density at radius 3 is 2.77 bits per heavy atom. The second kappa shape index (κ2) is 8.28. The summed E-state index contributed by atoms with van der Waals surface area (Å²) in [5.74, 6) is 0.644. The molecule has 1 aromatic rings. The van der Waals surface area contributed by atoms with Gasteiger partial charge in [0.2, 0.25) is 0 Å². The molecule has 2 heterocycles. The molecule has 148 valence electrons. The molecule has 1 atom stereocenters. The van der Waals surface area contributed by atoms with Crippen molar-refractivity contribution in [3.05, 3.63) is 18.2 Å². The normalized spacial score (nSPS) is 19.4. The lowest BCUT2D eigenvalue weighted by molar-refractivity contribution is -0.141. The highest BCUT2D eigenvalue weighted by Crippen LogP contribution is 2.21. The van der Waals surface area contributed by atoms with E-state index in [0.717, 1.165) is 24.0 Å². The molecule has 1 unspecified atom stereocenters. The van der Waals surface area contributed by atoms with Gasteiger partial charge in [0.1, 0.15) is 18.0 Å². The maximum atomic E-state index is 12.6. The SMILES string of the molecule is CC(C)(C)OC(=O)NCC1CCCN(Cc2nccn2CC(F)(F)F)C1. The summed E-state index contributed by atoms with van der Waals surface area (Å²) in [6, 6.07) is 0. The van der Waals surface area contributed by atoms with Crippen molar-refractivity contribution >= 4 is 6.09 Å². The van der Waals surface area contributed by atoms with Crippen molar-refractivity contribution in [3.8, 4) is 0 Å². The van der Waals surface area contributed by atoms with Crippen LogP contribution in [0.4, 0.5) is 18.0 Å². The molecular weight excluding hydrogens is 349 g/mol. The van der Waals surface area contributed by atoms with Crippen molar-refractivity contribution in [1.82, 2.24) is 19.8 Å². The van der Waals surface area contributed by atoms with Crippen LogP contribution in [-0.2, 0) is 17.8 Å². The fraction of sp³-hybridized carbons (Fsp3) is 0.765. The predicted octanol–water partition coefficient (Wildman–Crippen LogP) is 3.18. The summed E-state index contributed by atoms with van der Waals surface area (Å²) < 4.78 is 44.2. The molecule has 0 aliphatic carbocycles. The van der Waals surface area contributed by atoms with Crippen LogP contribution in [0, 0.1) is 5.92 Å². The second-order valence-corrected chi connectivity index (χ2v) is 7.71. The summed E-state index contributed by atoms with van der Waals surface area (Å²) in [4.78, 5) is 17.9. The van der Waals surface area contributed by atoms with E-state index in [1.54, 1.807) is 20.8 Å². The number of hydrogen-bond acceptors (Lipinski definition) is 4. The van der Waals surface area contributed by atoms with Gasteiger partial charge in [0.15, 0.2) is 0 Å². The van der Waals surface area contributed by atoms with E-state index >= 15 is 0 Å². The van der Waals surface area contributed by atoms with Crippen molar-refractivity contribution < 1.29 is 22.7 Å². The number of carbonyl (C=O) groups excluding carboxylic acids is 1. The standard InChI is InChI=1S/C17H27F3N4O2/c1-16(2,3)26-15(25)22-9-13-5-4-7-23(10-13)11-14-21-6-8-24(14)12-17(18,19)20/h6,8,13H,4-5,7,9-12H2,1-3H3,(H,22,25). The van der Waals surface area contributed by atoms with Gasteiger partial charge in [-0.2, -0.15) is 13.2 Å². The predicted molar refractivity (Wildman–Crippen MR) is 90.5 cm³/mol. The van der Waals surface area contributed by atoms with Crippen LogP contribution in [0.15, 0.2) is 12.4 Å². The highest BCUT2D eigenvalue weighted by molar-refractivity contribution is 5.67. The van der Waals surface area contributed by atoms with Gasteiger partial charge in [-0.1, -0.05) is 0 Å². The number of ether oxygens (including phenoxy) is 1. The number of halogens is 3. The van der Waals surface area contributed by atoms with E-state index in [4.69, 9.17) is 4.74 Å². The van der Waals surface area contributed by atoms with Crippen LogP contribution in [0.2, 0.25) is 0 Å². The fourth-order valence-corrected chi connectivity index (χ4v) is 3.03. The zero-order chi connectivity index (χ0) is 19.4. The molecule has 1 aromatic heterocycles. The van der Waals surface area contributed by atoms with Crippen molar-refractivity contribution in [2.75, 3.05) is 19.6 Å². The molecule has 0 radical (unpaired) electrons. The molecule has 0 spiro atoms. The third-order valence-electron chi connectivity index (χ3n) is 4.05. The number of amides is 1. The third-order valence-corrected chi connectivity index (χ3v) is 4.05. The van der Waals surface area contributed by atoms with Gasteiger partial charge < -0.3 is 14.6 Å². The average molecular weight is 376 g/mol. The first kappa shape index (κ1) is 20.5. The molecular formula is C17H27F3N4O2. The highest BCUT2D eigenvalue weighted by atomic mass is 19.4. The van der Waals surface area contributed by atoms with Crippen LogP contribution >= 0.6 is 0 Å². The monoisotopic (exact) mass is 376 g/mol. The maximum absolute atomic E-state index is 12.6. The van der Waals surface area contributed by atoms with Gasteiger partial charge in [0, 0.05) is 25.5 Å². The van der Waals surface area contributed by atoms with Crippen LogP contribution in [0.3, 0.4) is 0 Å². The van der Waals surface area contributed by atoms with Crippen LogP contribution in [0.5, 0.6) is 0 Å². The van der Waals surface area contributed by atoms with E-state index in [2.05, 4.69) is 15.2 Å². The molecule has 1 N–H and O–H groups in total. The van der Waals surface area contributed by atoms with Gasteiger partial charge in [-0.25, -0.2) is 9.78 Å². The topological polar surface area (TPSA) is 59.4 Å². The van der Waals surface area contributed by atoms with Crippen LogP contribution in [0.1, 0.15) is 39.4 Å². The number of nitrogens with one attached hydrogen (secondary N) is 1. The number of alkyl carbamates (subject to hydrolysis) is 1. The van der Waals surface area contributed by atoms with Gasteiger partial charge >= 0.3 is 12.3 Å². The van der Waals surface area contributed by atoms with Crippen LogP contribution in [0.25, 0.3) is 0 Å². The zero-order valence-corrected chi connectivity index (χ0v) is 15.5. The third kappa shape index (κ3) is 7.23. The molecule has 1 fully saturated rings. The van der Waals surface area contributed by atoms with E-state index in [-0.39, 0.29) is 5.92 Å². The number of aromatic nitrogens is 2. The Hall–Kier alpha value is -1.77. The van der Waals surface area contributed by atoms with Crippen molar-refractivity contribution in [3.63, 3.8) is 0 Å². The average Bonchev–Trinajstić information content (AvgIpc) is 2.89. The first-order valence-electron chi connectivity index (χ1n) is 8.78. The van der Waals surface area contributed by atoms with E-state index in [1.165, 1.54) is 12.4 Å². The lowest BCUT2D eigenvalue weighted by atomic mass is 9.98. The van der Waals surface area contributed by atoms with Crippen molar-refractivity contribution in [2.24, 2.45) is 5.92 Å². The minimum absolute atomic E-state index is 0.238. The number of nitrogens with zero attached hydrogens (tertiary/aromatic N) is 3. The summed E-state index contributed by atoms with van der Waals surface area (Å²) >= 11 is 0. The quantitative estimate of drug-likeness (QED) is 0.858. The molecule has 6 nitrogen and oxygen atoms in total. The van der Waals surface area contributed by atoms with Gasteiger partial charge in [-0.3, -0.25) is 4.90 Å². The molecule has 1 saturated heterocycles. The van der Waals surface area contributed by atoms with Crippen molar-refractivity contribution in [1.29, 1.82) is 0 Å². The summed E-state index contributed by atoms with van der Waals surface area (Å²) in [6.45, 7) is 6.75. The molecule has 9 heteroatoms. The highest BCUT2D eigenvalue weighted by Gasteiger charge is 2.29. The number of alkyl halides is 3. The lowest BCUT2D eigenvalue weighted by Gasteiger charge is -2.32. The number of rotatable bonds is 5. The molecule has 2 rings (SSSR count). The number of carbonyl (C=O) groups is 1. The Balaban J connectivity index is 1.83. The number of imidazole rings is 1. The van der Waals surface area contributed by atoms with E-state index < -0.39 is 24.4 Å². The van der Waals surface area contributed by atoms with E-state index in [1.807, 2.05) is 0 Å². The molecule has 26 heavy (non-hydrogen) atoms. The van der Waals surface area contributed by atoms with E-state index in [0.29, 0.717) is 25.5 Å². The summed E-state index contributed by atoms with van der Waals surface area (Å²) in [6.07, 6.45) is -0.0717. The Kier molecular flexibility index (Phi) is 6.54. The fourth-order valence-electron chi connectivity index (χ4n) is 3.03. The zero-order valence-electron chi connectivity index (χ0n) is 15.5. The first-order valence-corrected chi connectivity index (χ1v) is 8.78. The second-order valence-electron chi connectivity index (χ2n) is 7.71. The minimum Gasteiger partial charge on any atom is -0.444 e. The Bertz CT molecular complexity index is 596. The van der Waals surface area contributed by atoms with Crippen molar-refractivity contribution in [2.45, 2.75) is 58.5 Å². The van der Waals surface area contributed by atoms with Gasteiger partial charge in [0.25, 0.3) is 0 Å². The molecule has 1 aliphatic heterocycles. The maximum Gasteiger partial charge on any atom is 0.407 e.